The summed E-state index contributed by atoms with van der Waals surface area (Å²) < 4.78 is 27.6. The van der Waals surface area contributed by atoms with Crippen molar-refractivity contribution in [3.05, 3.63) is 70.3 Å². The summed E-state index contributed by atoms with van der Waals surface area (Å²) in [7, 11) is 0. The minimum absolute atomic E-state index is 0.171. The summed E-state index contributed by atoms with van der Waals surface area (Å²) in [6, 6.07) is 8.97. The smallest absolute Gasteiger partial charge is 0.255 e. The van der Waals surface area contributed by atoms with Crippen molar-refractivity contribution < 1.29 is 23.2 Å². The molecule has 0 aromatic heterocycles. The average Bonchev–Trinajstić information content (AvgIpc) is 3.16. The molecule has 2 heterocycles. The molecule has 2 aromatic carbocycles. The second kappa shape index (κ2) is 9.85. The number of hydrogen-bond donors (Lipinski definition) is 2. The zero-order chi connectivity index (χ0) is 24.5. The SMILES string of the molecule is O=C1CCC(N2Cc3cc(C[C@H]4CCCC[C@@H]4NCc4cc(F)ccc4F)ccc3C2=O)C(=O)N1. The van der Waals surface area contributed by atoms with Crippen LogP contribution in [-0.2, 0) is 29.1 Å². The molecule has 2 fully saturated rings. The number of benzene rings is 2. The van der Waals surface area contributed by atoms with Crippen molar-refractivity contribution in [2.45, 2.75) is 70.1 Å². The van der Waals surface area contributed by atoms with Crippen molar-refractivity contribution in [3.8, 4) is 0 Å². The Kier molecular flexibility index (Phi) is 6.65. The Morgan fingerprint density at radius 2 is 1.83 bits per heavy atom. The van der Waals surface area contributed by atoms with Crippen LogP contribution >= 0.6 is 0 Å². The number of carbonyl (C=O) groups excluding carboxylic acids is 3. The number of halogens is 2. The molecule has 8 heteroatoms. The number of fused-ring (bicyclic) bond motifs is 1. The first-order valence-corrected chi connectivity index (χ1v) is 12.3. The third-order valence-corrected chi connectivity index (χ3v) is 7.56. The molecule has 1 saturated carbocycles. The summed E-state index contributed by atoms with van der Waals surface area (Å²) in [6.07, 6.45) is 5.65. The fourth-order valence-electron chi connectivity index (χ4n) is 5.70. The van der Waals surface area contributed by atoms with E-state index in [4.69, 9.17) is 0 Å². The first kappa shape index (κ1) is 23.6. The van der Waals surface area contributed by atoms with Crippen LogP contribution in [0.1, 0.15) is 65.6 Å². The van der Waals surface area contributed by atoms with Gasteiger partial charge in [0.05, 0.1) is 0 Å². The number of rotatable bonds is 6. The molecular weight excluding hydrogens is 452 g/mol. The van der Waals surface area contributed by atoms with Crippen molar-refractivity contribution in [1.29, 1.82) is 0 Å². The van der Waals surface area contributed by atoms with Crippen molar-refractivity contribution in [2.24, 2.45) is 5.92 Å². The van der Waals surface area contributed by atoms with E-state index in [1.165, 1.54) is 6.07 Å². The molecule has 3 aliphatic rings. The highest BCUT2D eigenvalue weighted by molar-refractivity contribution is 6.05. The van der Waals surface area contributed by atoms with Crippen LogP contribution in [0.4, 0.5) is 8.78 Å². The topological polar surface area (TPSA) is 78.5 Å². The van der Waals surface area contributed by atoms with E-state index in [-0.39, 0.29) is 30.8 Å². The zero-order valence-electron chi connectivity index (χ0n) is 19.5. The van der Waals surface area contributed by atoms with Gasteiger partial charge in [-0.3, -0.25) is 19.7 Å². The van der Waals surface area contributed by atoms with Gasteiger partial charge in [-0.05, 0) is 67.0 Å². The summed E-state index contributed by atoms with van der Waals surface area (Å²) in [4.78, 5) is 38.3. The average molecular weight is 482 g/mol. The molecule has 1 aliphatic carbocycles. The number of hydrogen-bond acceptors (Lipinski definition) is 4. The number of nitrogens with zero attached hydrogens (tertiary/aromatic N) is 1. The van der Waals surface area contributed by atoms with Crippen LogP contribution in [0.2, 0.25) is 0 Å². The van der Waals surface area contributed by atoms with Gasteiger partial charge in [0.2, 0.25) is 11.8 Å². The molecule has 35 heavy (non-hydrogen) atoms. The Morgan fingerprint density at radius 3 is 2.66 bits per heavy atom. The van der Waals surface area contributed by atoms with Crippen molar-refractivity contribution in [1.82, 2.24) is 15.5 Å². The quantitative estimate of drug-likeness (QED) is 0.618. The maximum atomic E-state index is 14.1. The van der Waals surface area contributed by atoms with Crippen LogP contribution in [0, 0.1) is 17.6 Å². The van der Waals surface area contributed by atoms with E-state index >= 15 is 0 Å². The zero-order valence-corrected chi connectivity index (χ0v) is 19.5. The predicted molar refractivity (Wildman–Crippen MR) is 125 cm³/mol. The lowest BCUT2D eigenvalue weighted by atomic mass is 9.80. The highest BCUT2D eigenvalue weighted by atomic mass is 19.1. The molecule has 3 atom stereocenters. The first-order valence-electron chi connectivity index (χ1n) is 12.3. The van der Waals surface area contributed by atoms with Gasteiger partial charge in [-0.15, -0.1) is 0 Å². The van der Waals surface area contributed by atoms with E-state index in [0.717, 1.165) is 55.4 Å². The highest BCUT2D eigenvalue weighted by Gasteiger charge is 2.39. The van der Waals surface area contributed by atoms with Crippen molar-refractivity contribution >= 4 is 17.7 Å². The molecule has 5 rings (SSSR count). The number of amides is 3. The molecule has 3 amide bonds. The Morgan fingerprint density at radius 1 is 1.00 bits per heavy atom. The lowest BCUT2D eigenvalue weighted by Crippen LogP contribution is -2.52. The Labute approximate surface area is 203 Å². The maximum Gasteiger partial charge on any atom is 0.255 e. The lowest BCUT2D eigenvalue weighted by molar-refractivity contribution is -0.136. The predicted octanol–water partition coefficient (Wildman–Crippen LogP) is 3.62. The standard InChI is InChI=1S/C27H29F2N3O3/c28-20-6-8-22(29)18(13-20)14-30-23-4-2-1-3-17(23)11-16-5-7-21-19(12-16)15-32(27(21)35)24-9-10-25(33)31-26(24)34/h5-8,12-13,17,23-24,30H,1-4,9-11,14-15H2,(H,31,33,34)/t17-,23+,24?/m1/s1. The van der Waals surface area contributed by atoms with Crippen LogP contribution in [0.15, 0.2) is 36.4 Å². The first-order chi connectivity index (χ1) is 16.9. The molecule has 2 aliphatic heterocycles. The van der Waals surface area contributed by atoms with Gasteiger partial charge in [-0.2, -0.15) is 0 Å². The molecule has 1 unspecified atom stereocenters. The molecule has 1 saturated heterocycles. The number of nitrogens with one attached hydrogen (secondary N) is 2. The summed E-state index contributed by atoms with van der Waals surface area (Å²) in [6.45, 7) is 0.643. The Bertz CT molecular complexity index is 1170. The normalized spacial score (nSPS) is 24.5. The number of carbonyl (C=O) groups is 3. The third kappa shape index (κ3) is 4.98. The van der Waals surface area contributed by atoms with Gasteiger partial charge in [-0.1, -0.05) is 25.0 Å². The van der Waals surface area contributed by atoms with E-state index in [1.807, 2.05) is 12.1 Å². The lowest BCUT2D eigenvalue weighted by Gasteiger charge is -2.33. The molecular formula is C27H29F2N3O3. The van der Waals surface area contributed by atoms with E-state index in [0.29, 0.717) is 30.0 Å². The van der Waals surface area contributed by atoms with Crippen LogP contribution in [0.25, 0.3) is 0 Å². The van der Waals surface area contributed by atoms with E-state index in [1.54, 1.807) is 4.90 Å². The fraction of sp³-hybridized carbons (Fsp3) is 0.444. The molecule has 0 spiro atoms. The third-order valence-electron chi connectivity index (χ3n) is 7.56. The number of imide groups is 1. The van der Waals surface area contributed by atoms with Crippen LogP contribution in [-0.4, -0.2) is 34.7 Å². The van der Waals surface area contributed by atoms with Gasteiger partial charge in [0.15, 0.2) is 0 Å². The molecule has 2 N–H and O–H groups in total. The monoisotopic (exact) mass is 481 g/mol. The van der Waals surface area contributed by atoms with E-state index in [9.17, 15) is 23.2 Å². The molecule has 6 nitrogen and oxygen atoms in total. The van der Waals surface area contributed by atoms with Crippen LogP contribution < -0.4 is 10.6 Å². The highest BCUT2D eigenvalue weighted by Crippen LogP contribution is 2.32. The molecule has 184 valence electrons. The van der Waals surface area contributed by atoms with Gasteiger partial charge >= 0.3 is 0 Å². The summed E-state index contributed by atoms with van der Waals surface area (Å²) in [5.41, 5.74) is 2.97. The van der Waals surface area contributed by atoms with Gasteiger partial charge in [-0.25, -0.2) is 8.78 Å². The molecule has 0 radical (unpaired) electrons. The minimum atomic E-state index is -0.619. The largest absolute Gasteiger partial charge is 0.322 e. The molecule has 0 bridgehead atoms. The van der Waals surface area contributed by atoms with Gasteiger partial charge < -0.3 is 10.2 Å². The van der Waals surface area contributed by atoms with Crippen LogP contribution in [0.3, 0.4) is 0 Å². The summed E-state index contributed by atoms with van der Waals surface area (Å²) in [5.74, 6) is -1.38. The second-order valence-electron chi connectivity index (χ2n) is 9.86. The van der Waals surface area contributed by atoms with Gasteiger partial charge in [0.1, 0.15) is 17.7 Å². The fourth-order valence-corrected chi connectivity index (χ4v) is 5.70. The number of piperidine rings is 1. The second-order valence-corrected chi connectivity index (χ2v) is 9.86. The van der Waals surface area contributed by atoms with E-state index < -0.39 is 23.6 Å². The summed E-state index contributed by atoms with van der Waals surface area (Å²) in [5, 5.41) is 5.78. The Hall–Kier alpha value is -3.13. The van der Waals surface area contributed by atoms with Crippen LogP contribution in [0.5, 0.6) is 0 Å². The van der Waals surface area contributed by atoms with Crippen molar-refractivity contribution in [3.63, 3.8) is 0 Å². The minimum Gasteiger partial charge on any atom is -0.322 e. The maximum absolute atomic E-state index is 14.1. The summed E-state index contributed by atoms with van der Waals surface area (Å²) >= 11 is 0. The van der Waals surface area contributed by atoms with Gasteiger partial charge in [0.25, 0.3) is 5.91 Å². The molecule has 2 aromatic rings. The Balaban J connectivity index is 1.26. The van der Waals surface area contributed by atoms with Gasteiger partial charge in [0, 0.05) is 36.7 Å². The van der Waals surface area contributed by atoms with Crippen molar-refractivity contribution in [2.75, 3.05) is 0 Å². The van der Waals surface area contributed by atoms with E-state index in [2.05, 4.69) is 16.7 Å².